The van der Waals surface area contributed by atoms with Gasteiger partial charge in [0.2, 0.25) is 5.91 Å². The molecule has 1 aliphatic heterocycles. The van der Waals surface area contributed by atoms with Gasteiger partial charge in [0.1, 0.15) is 17.5 Å². The number of aryl methyl sites for hydroxylation is 2. The molecule has 1 N–H and O–H groups in total. The third kappa shape index (κ3) is 5.72. The van der Waals surface area contributed by atoms with E-state index in [1.54, 1.807) is 30.3 Å². The number of hydrogen-bond donors (Lipinski definition) is 1. The van der Waals surface area contributed by atoms with Gasteiger partial charge in [0.15, 0.2) is 0 Å². The summed E-state index contributed by atoms with van der Waals surface area (Å²) in [4.78, 5) is 31.8. The number of amides is 2. The largest absolute Gasteiger partial charge is 0.383 e. The Kier molecular flexibility index (Phi) is 8.24. The van der Waals surface area contributed by atoms with E-state index in [1.165, 1.54) is 0 Å². The lowest BCUT2D eigenvalue weighted by molar-refractivity contribution is -0.130. The zero-order chi connectivity index (χ0) is 24.8. The number of rotatable bonds is 7. The molecule has 34 heavy (non-hydrogen) atoms. The van der Waals surface area contributed by atoms with Crippen LogP contribution in [0.15, 0.2) is 30.0 Å². The number of nitriles is 1. The van der Waals surface area contributed by atoms with Gasteiger partial charge in [0.25, 0.3) is 5.91 Å². The first-order valence-corrected chi connectivity index (χ1v) is 11.6. The highest BCUT2D eigenvalue weighted by Crippen LogP contribution is 2.25. The Morgan fingerprint density at radius 2 is 2.12 bits per heavy atom. The SMILES string of the molecule is COCC(C)n1c(C)cc(/C=C(\C#N)C(=O)N2CCCC(C(=O)Nc3ccc(C)cn3)C2)c1C. The summed E-state index contributed by atoms with van der Waals surface area (Å²) in [5.74, 6) is -0.356. The van der Waals surface area contributed by atoms with Crippen LogP contribution in [0.2, 0.25) is 0 Å². The minimum atomic E-state index is -0.347. The van der Waals surface area contributed by atoms with Gasteiger partial charge in [-0.3, -0.25) is 9.59 Å². The van der Waals surface area contributed by atoms with Crippen LogP contribution in [0.5, 0.6) is 0 Å². The Labute approximate surface area is 201 Å². The van der Waals surface area contributed by atoms with Crippen molar-refractivity contribution >= 4 is 23.7 Å². The Hall–Kier alpha value is -3.44. The monoisotopic (exact) mass is 463 g/mol. The van der Waals surface area contributed by atoms with E-state index in [2.05, 4.69) is 27.9 Å². The van der Waals surface area contributed by atoms with Crippen LogP contribution >= 0.6 is 0 Å². The van der Waals surface area contributed by atoms with Gasteiger partial charge in [-0.15, -0.1) is 0 Å². The van der Waals surface area contributed by atoms with E-state index >= 15 is 0 Å². The molecule has 2 atom stereocenters. The molecule has 2 aromatic heterocycles. The third-order valence-electron chi connectivity index (χ3n) is 6.26. The molecule has 8 nitrogen and oxygen atoms in total. The lowest BCUT2D eigenvalue weighted by Gasteiger charge is -2.31. The Bertz CT molecular complexity index is 1110. The molecule has 1 aliphatic rings. The van der Waals surface area contributed by atoms with E-state index in [1.807, 2.05) is 32.9 Å². The summed E-state index contributed by atoms with van der Waals surface area (Å²) in [6, 6.07) is 7.84. The van der Waals surface area contributed by atoms with Gasteiger partial charge >= 0.3 is 0 Å². The maximum atomic E-state index is 13.2. The van der Waals surface area contributed by atoms with Gasteiger partial charge in [-0.05, 0) is 69.9 Å². The minimum absolute atomic E-state index is 0.0703. The maximum Gasteiger partial charge on any atom is 0.264 e. The molecule has 0 saturated carbocycles. The molecule has 0 radical (unpaired) electrons. The van der Waals surface area contributed by atoms with Crippen molar-refractivity contribution in [3.8, 4) is 6.07 Å². The molecule has 3 rings (SSSR count). The van der Waals surface area contributed by atoms with Crippen molar-refractivity contribution in [1.29, 1.82) is 5.26 Å². The first-order chi connectivity index (χ1) is 16.2. The van der Waals surface area contributed by atoms with Crippen LogP contribution in [-0.2, 0) is 14.3 Å². The van der Waals surface area contributed by atoms with E-state index in [0.717, 1.165) is 22.5 Å². The number of methoxy groups -OCH3 is 1. The maximum absolute atomic E-state index is 13.2. The minimum Gasteiger partial charge on any atom is -0.383 e. The van der Waals surface area contributed by atoms with Gasteiger partial charge in [-0.2, -0.15) is 5.26 Å². The first-order valence-electron chi connectivity index (χ1n) is 11.6. The summed E-state index contributed by atoms with van der Waals surface area (Å²) in [6.07, 6.45) is 4.74. The zero-order valence-electron chi connectivity index (χ0n) is 20.6. The molecular formula is C26H33N5O3. The number of carbonyl (C=O) groups excluding carboxylic acids is 2. The number of nitrogens with zero attached hydrogens (tertiary/aromatic N) is 4. The molecule has 8 heteroatoms. The molecule has 2 amide bonds. The third-order valence-corrected chi connectivity index (χ3v) is 6.26. The Morgan fingerprint density at radius 1 is 1.35 bits per heavy atom. The van der Waals surface area contributed by atoms with E-state index < -0.39 is 0 Å². The highest BCUT2D eigenvalue weighted by molar-refractivity contribution is 6.02. The fourth-order valence-corrected chi connectivity index (χ4v) is 4.56. The predicted octanol–water partition coefficient (Wildman–Crippen LogP) is 3.80. The average molecular weight is 464 g/mol. The highest BCUT2D eigenvalue weighted by Gasteiger charge is 2.30. The predicted molar refractivity (Wildman–Crippen MR) is 131 cm³/mol. The van der Waals surface area contributed by atoms with Crippen LogP contribution in [-0.4, -0.2) is 53.1 Å². The first kappa shape index (κ1) is 25.2. The number of piperidine rings is 1. The summed E-state index contributed by atoms with van der Waals surface area (Å²) in [7, 11) is 1.67. The van der Waals surface area contributed by atoms with Gasteiger partial charge in [0.05, 0.1) is 18.6 Å². The Morgan fingerprint density at radius 3 is 2.76 bits per heavy atom. The molecule has 1 fully saturated rings. The number of ether oxygens (including phenoxy) is 1. The van der Waals surface area contributed by atoms with E-state index in [9.17, 15) is 14.9 Å². The van der Waals surface area contributed by atoms with Crippen LogP contribution < -0.4 is 5.32 Å². The van der Waals surface area contributed by atoms with Crippen LogP contribution in [0, 0.1) is 38.0 Å². The fraction of sp³-hybridized carbons (Fsp3) is 0.462. The van der Waals surface area contributed by atoms with E-state index in [0.29, 0.717) is 31.8 Å². The van der Waals surface area contributed by atoms with Gasteiger partial charge in [-0.1, -0.05) is 6.07 Å². The summed E-state index contributed by atoms with van der Waals surface area (Å²) in [5.41, 5.74) is 3.93. The molecule has 1 saturated heterocycles. The van der Waals surface area contributed by atoms with Crippen molar-refractivity contribution in [1.82, 2.24) is 14.5 Å². The van der Waals surface area contributed by atoms with E-state index in [4.69, 9.17) is 4.74 Å². The number of hydrogen-bond acceptors (Lipinski definition) is 5. The molecule has 3 heterocycles. The van der Waals surface area contributed by atoms with Crippen molar-refractivity contribution in [2.75, 3.05) is 32.1 Å². The number of likely N-dealkylation sites (tertiary alicyclic amines) is 1. The van der Waals surface area contributed by atoms with Gasteiger partial charge < -0.3 is 19.5 Å². The molecule has 0 aliphatic carbocycles. The normalized spacial score (nSPS) is 17.2. The van der Waals surface area contributed by atoms with Crippen molar-refractivity contribution < 1.29 is 14.3 Å². The van der Waals surface area contributed by atoms with Crippen LogP contribution in [0.3, 0.4) is 0 Å². The summed E-state index contributed by atoms with van der Waals surface area (Å²) in [5, 5.41) is 12.6. The smallest absolute Gasteiger partial charge is 0.264 e. The standard InChI is InChI=1S/C26H33N5O3/c1-17-8-9-24(28-14-17)29-25(32)21-7-6-10-30(15-21)26(33)23(13-27)12-22-11-18(2)31(20(22)4)19(3)16-34-5/h8-9,11-12,14,19,21H,6-7,10,15-16H2,1-5H3,(H,28,29,32)/b23-12+. The molecule has 2 aromatic rings. The topological polar surface area (TPSA) is 100 Å². The highest BCUT2D eigenvalue weighted by atomic mass is 16.5. The Balaban J connectivity index is 1.74. The summed E-state index contributed by atoms with van der Waals surface area (Å²) < 4.78 is 7.43. The number of carbonyl (C=O) groups is 2. The van der Waals surface area contributed by atoms with Crippen molar-refractivity contribution in [2.45, 2.75) is 46.6 Å². The van der Waals surface area contributed by atoms with Crippen molar-refractivity contribution in [2.24, 2.45) is 5.92 Å². The van der Waals surface area contributed by atoms with Crippen LogP contribution in [0.4, 0.5) is 5.82 Å². The van der Waals surface area contributed by atoms with E-state index in [-0.39, 0.29) is 35.9 Å². The summed E-state index contributed by atoms with van der Waals surface area (Å²) in [6.45, 7) is 9.35. The number of anilines is 1. The second-order valence-electron chi connectivity index (χ2n) is 8.97. The van der Waals surface area contributed by atoms with Crippen molar-refractivity contribution in [3.05, 3.63) is 52.5 Å². The molecule has 0 aromatic carbocycles. The number of aromatic nitrogens is 2. The second-order valence-corrected chi connectivity index (χ2v) is 8.97. The van der Waals surface area contributed by atoms with Crippen LogP contribution in [0.25, 0.3) is 6.08 Å². The van der Waals surface area contributed by atoms with Gasteiger partial charge in [0, 0.05) is 37.8 Å². The molecule has 0 bridgehead atoms. The molecule has 0 spiro atoms. The van der Waals surface area contributed by atoms with Gasteiger partial charge in [-0.25, -0.2) is 4.98 Å². The second kappa shape index (κ2) is 11.1. The lowest BCUT2D eigenvalue weighted by Crippen LogP contribution is -2.44. The fourth-order valence-electron chi connectivity index (χ4n) is 4.56. The summed E-state index contributed by atoms with van der Waals surface area (Å²) >= 11 is 0. The molecule has 180 valence electrons. The molecular weight excluding hydrogens is 430 g/mol. The average Bonchev–Trinajstić information content (AvgIpc) is 3.11. The number of pyridine rings is 1. The quantitative estimate of drug-likeness (QED) is 0.497. The van der Waals surface area contributed by atoms with Crippen molar-refractivity contribution in [3.63, 3.8) is 0 Å². The lowest BCUT2D eigenvalue weighted by atomic mass is 9.96. The zero-order valence-corrected chi connectivity index (χ0v) is 20.6. The van der Waals surface area contributed by atoms with Crippen LogP contribution in [0.1, 0.15) is 48.3 Å². The number of nitrogens with one attached hydrogen (secondary N) is 1. The molecule has 2 unspecified atom stereocenters.